The molecule has 14 nitrogen and oxygen atoms in total. The Hall–Kier alpha value is -6.43. The number of halogens is 1. The summed E-state index contributed by atoms with van der Waals surface area (Å²) < 4.78 is 24.5. The van der Waals surface area contributed by atoms with Gasteiger partial charge in [-0.25, -0.2) is 9.69 Å². The van der Waals surface area contributed by atoms with Crippen molar-refractivity contribution >= 4 is 57.9 Å². The molecule has 2 saturated heterocycles. The molecule has 3 heterocycles. The summed E-state index contributed by atoms with van der Waals surface area (Å²) in [4.78, 5) is 73.9. The maximum atomic E-state index is 16.0. The van der Waals surface area contributed by atoms with Crippen molar-refractivity contribution in [2.75, 3.05) is 24.7 Å². The molecule has 310 valence electrons. The largest absolute Gasteiger partial charge is 0.491 e. The van der Waals surface area contributed by atoms with E-state index in [1.807, 2.05) is 65.6 Å². The van der Waals surface area contributed by atoms with Crippen molar-refractivity contribution in [3.8, 4) is 5.75 Å². The van der Waals surface area contributed by atoms with Crippen LogP contribution >= 0.6 is 22.6 Å². The first-order valence-electron chi connectivity index (χ1n) is 19.3. The van der Waals surface area contributed by atoms with Crippen LogP contribution < -0.4 is 9.64 Å². The van der Waals surface area contributed by atoms with Gasteiger partial charge in [0.25, 0.3) is 5.69 Å². The Morgan fingerprint density at radius 1 is 0.869 bits per heavy atom. The quantitative estimate of drug-likeness (QED) is 0.0331. The van der Waals surface area contributed by atoms with Crippen molar-refractivity contribution in [2.45, 2.75) is 36.3 Å². The molecule has 2 fully saturated rings. The molecular formula is C46H38IN3O11. The van der Waals surface area contributed by atoms with Crippen LogP contribution in [0.15, 0.2) is 140 Å². The fraction of sp³-hybridized carbons (Fsp3) is 0.217. The number of hydrogen-bond donors (Lipinski definition) is 1. The van der Waals surface area contributed by atoms with Gasteiger partial charge < -0.3 is 24.1 Å². The second-order valence-electron chi connectivity index (χ2n) is 14.6. The Labute approximate surface area is 363 Å². The molecule has 0 aliphatic carbocycles. The van der Waals surface area contributed by atoms with Gasteiger partial charge in [-0.1, -0.05) is 85.5 Å². The highest BCUT2D eigenvalue weighted by Crippen LogP contribution is 2.66. The molecule has 8 rings (SSSR count). The molecule has 0 aromatic heterocycles. The summed E-state index contributed by atoms with van der Waals surface area (Å²) in [6.07, 6.45) is -0.629. The number of non-ortho nitro benzene ring substituents is 1. The molecule has 1 N–H and O–H groups in total. The Morgan fingerprint density at radius 2 is 1.56 bits per heavy atom. The fourth-order valence-corrected chi connectivity index (χ4v) is 9.41. The lowest BCUT2D eigenvalue weighted by Gasteiger charge is -2.46. The van der Waals surface area contributed by atoms with Crippen LogP contribution in [-0.4, -0.2) is 64.7 Å². The number of fused-ring (bicyclic) bond motifs is 3. The molecule has 61 heavy (non-hydrogen) atoms. The number of benzene rings is 5. The van der Waals surface area contributed by atoms with E-state index >= 15 is 4.79 Å². The number of nitrogens with zero attached hydrogens (tertiary/aromatic N) is 3. The molecule has 5 aromatic carbocycles. The number of carbonyl (C=O) groups is 4. The Balaban J connectivity index is 1.38. The van der Waals surface area contributed by atoms with Crippen LogP contribution in [0.1, 0.15) is 46.0 Å². The lowest BCUT2D eigenvalue weighted by atomic mass is 9.65. The molecule has 6 atom stereocenters. The number of nitro benzene ring substituents is 1. The molecule has 0 saturated carbocycles. The predicted octanol–water partition coefficient (Wildman–Crippen LogP) is 7.30. The van der Waals surface area contributed by atoms with Crippen molar-refractivity contribution < 1.29 is 48.2 Å². The van der Waals surface area contributed by atoms with E-state index in [2.05, 4.69) is 29.2 Å². The number of esters is 2. The predicted molar refractivity (Wildman–Crippen MR) is 228 cm³/mol. The molecule has 0 radical (unpaired) electrons. The highest BCUT2D eigenvalue weighted by molar-refractivity contribution is 14.1. The minimum atomic E-state index is -2.06. The first kappa shape index (κ1) is 41.3. The van der Waals surface area contributed by atoms with Gasteiger partial charge in [0.2, 0.25) is 5.91 Å². The standard InChI is InChI=1S/C46H38IN3O11/c1-2-23-59-42(52)37-39-43(53)61-40(30-12-7-4-8-13-30)38(29-10-5-3-6-11-29)49(39)41(31-14-9-15-34(25-31)58-24-22-51)46(37)35-26-32(47)18-21-36(35)48(44(46)54)45(55)60-27-28-16-19-33(20-17-28)50(56)57/h2-21,25-26,37-41,51H,1,22-24,27H2/t37-,38-,39-,40+,41+,46-/m1/s1. The number of morpholine rings is 1. The van der Waals surface area contributed by atoms with E-state index in [4.69, 9.17) is 18.9 Å². The number of aliphatic hydroxyl groups is 1. The monoisotopic (exact) mass is 935 g/mol. The minimum Gasteiger partial charge on any atom is -0.491 e. The Morgan fingerprint density at radius 3 is 2.23 bits per heavy atom. The molecule has 5 aromatic rings. The van der Waals surface area contributed by atoms with E-state index in [9.17, 15) is 29.6 Å². The number of cyclic esters (lactones) is 1. The van der Waals surface area contributed by atoms with E-state index in [1.54, 1.807) is 42.5 Å². The van der Waals surface area contributed by atoms with Crippen LogP contribution in [0.2, 0.25) is 0 Å². The van der Waals surface area contributed by atoms with Crippen LogP contribution in [0, 0.1) is 19.6 Å². The van der Waals surface area contributed by atoms with Gasteiger partial charge in [-0.3, -0.25) is 29.4 Å². The first-order valence-corrected chi connectivity index (χ1v) is 20.4. The van der Waals surface area contributed by atoms with Crippen LogP contribution in [0.5, 0.6) is 5.75 Å². The number of amides is 2. The minimum absolute atomic E-state index is 0.0362. The van der Waals surface area contributed by atoms with Crippen molar-refractivity contribution in [1.82, 2.24) is 4.90 Å². The summed E-state index contributed by atoms with van der Waals surface area (Å²) in [7, 11) is 0. The number of rotatable bonds is 12. The smallest absolute Gasteiger partial charge is 0.421 e. The Bertz CT molecular complexity index is 2500. The van der Waals surface area contributed by atoms with Gasteiger partial charge in [-0.05, 0) is 92.9 Å². The second-order valence-corrected chi connectivity index (χ2v) is 15.9. The van der Waals surface area contributed by atoms with Crippen LogP contribution in [0.25, 0.3) is 0 Å². The van der Waals surface area contributed by atoms with Gasteiger partial charge >= 0.3 is 18.0 Å². The second kappa shape index (κ2) is 17.3. The summed E-state index contributed by atoms with van der Waals surface area (Å²) in [5.41, 5.74) is 0.454. The van der Waals surface area contributed by atoms with Crippen LogP contribution in [-0.2, 0) is 40.6 Å². The summed E-state index contributed by atoms with van der Waals surface area (Å²) in [5.74, 6) is -3.79. The van der Waals surface area contributed by atoms with Gasteiger partial charge in [-0.2, -0.15) is 0 Å². The van der Waals surface area contributed by atoms with Crippen molar-refractivity contribution in [1.29, 1.82) is 0 Å². The van der Waals surface area contributed by atoms with Gasteiger partial charge in [0.05, 0.1) is 29.3 Å². The zero-order valence-electron chi connectivity index (χ0n) is 32.4. The molecule has 0 unspecified atom stereocenters. The van der Waals surface area contributed by atoms with Crippen molar-refractivity contribution in [3.63, 3.8) is 0 Å². The maximum Gasteiger partial charge on any atom is 0.421 e. The lowest BCUT2D eigenvalue weighted by molar-refractivity contribution is -0.384. The first-order chi connectivity index (χ1) is 29.6. The third-order valence-electron chi connectivity index (χ3n) is 11.2. The van der Waals surface area contributed by atoms with E-state index in [1.165, 1.54) is 30.3 Å². The maximum absolute atomic E-state index is 16.0. The van der Waals surface area contributed by atoms with E-state index in [0.717, 1.165) is 10.5 Å². The number of ether oxygens (including phenoxy) is 4. The van der Waals surface area contributed by atoms with Gasteiger partial charge in [0, 0.05) is 15.7 Å². The third-order valence-corrected chi connectivity index (χ3v) is 11.9. The molecule has 3 aliphatic rings. The molecular weight excluding hydrogens is 897 g/mol. The van der Waals surface area contributed by atoms with E-state index in [0.29, 0.717) is 26.0 Å². The number of imide groups is 1. The lowest BCUT2D eigenvalue weighted by Crippen LogP contribution is -2.53. The number of aliphatic hydroxyl groups excluding tert-OH is 1. The highest BCUT2D eigenvalue weighted by Gasteiger charge is 2.76. The normalized spacial score (nSPS) is 22.9. The fourth-order valence-electron chi connectivity index (χ4n) is 8.92. The Kier molecular flexibility index (Phi) is 11.7. The number of nitro groups is 1. The molecule has 3 aliphatic heterocycles. The summed E-state index contributed by atoms with van der Waals surface area (Å²) >= 11 is 2.09. The SMILES string of the molecule is C=CCOC(=O)[C@H]1[C@@H]2C(=O)O[C@@H](c3ccccc3)[C@@H](c3ccccc3)N2[C@@H](c2cccc(OCCO)c2)[C@]12C(=O)N(C(=O)OCc1ccc([N+](=O)[O-])cc1)c1ccc(I)cc12. The number of anilines is 1. The molecule has 1 spiro atoms. The van der Waals surface area contributed by atoms with E-state index in [-0.39, 0.29) is 43.4 Å². The average Bonchev–Trinajstić information content (AvgIpc) is 3.73. The average molecular weight is 936 g/mol. The third kappa shape index (κ3) is 7.31. The van der Waals surface area contributed by atoms with E-state index < -0.39 is 64.4 Å². The molecule has 15 heteroatoms. The molecule has 2 amide bonds. The van der Waals surface area contributed by atoms with Gasteiger partial charge in [0.15, 0.2) is 0 Å². The summed E-state index contributed by atoms with van der Waals surface area (Å²) in [6, 6.07) is 32.4. The number of carbonyl (C=O) groups excluding carboxylic acids is 4. The van der Waals surface area contributed by atoms with Crippen molar-refractivity contribution in [3.05, 3.63) is 182 Å². The van der Waals surface area contributed by atoms with Crippen LogP contribution in [0.4, 0.5) is 16.2 Å². The topological polar surface area (TPSA) is 175 Å². The zero-order chi connectivity index (χ0) is 42.8. The molecule has 0 bridgehead atoms. The van der Waals surface area contributed by atoms with Gasteiger partial charge in [-0.15, -0.1) is 0 Å². The summed E-state index contributed by atoms with van der Waals surface area (Å²) in [6.45, 7) is 2.81. The number of hydrogen-bond acceptors (Lipinski definition) is 12. The van der Waals surface area contributed by atoms with Gasteiger partial charge in [0.1, 0.15) is 49.0 Å². The zero-order valence-corrected chi connectivity index (χ0v) is 34.5. The summed E-state index contributed by atoms with van der Waals surface area (Å²) in [5, 5.41) is 20.9. The highest BCUT2D eigenvalue weighted by atomic mass is 127. The van der Waals surface area contributed by atoms with Crippen LogP contribution in [0.3, 0.4) is 0 Å². The van der Waals surface area contributed by atoms with Crippen molar-refractivity contribution in [2.24, 2.45) is 5.92 Å².